The molecule has 0 aliphatic carbocycles. The number of quaternary nitrogens is 1. The van der Waals surface area contributed by atoms with Crippen LogP contribution in [-0.4, -0.2) is 70.0 Å². The zero-order chi connectivity index (χ0) is 72.5. The third-order valence-corrected chi connectivity index (χ3v) is 19.1. The summed E-state index contributed by atoms with van der Waals surface area (Å²) in [4.78, 5) is 38.2. The molecule has 10 heteroatoms. The quantitative estimate of drug-likeness (QED) is 0.0195. The van der Waals surface area contributed by atoms with Crippen LogP contribution in [0.4, 0.5) is 0 Å². The van der Waals surface area contributed by atoms with Crippen molar-refractivity contribution in [3.8, 4) is 0 Å². The second-order valence-corrected chi connectivity index (χ2v) is 30.5. The van der Waals surface area contributed by atoms with Crippen molar-refractivity contribution in [3.05, 3.63) is 134 Å². The van der Waals surface area contributed by atoms with Gasteiger partial charge in [0.2, 0.25) is 0 Å². The molecule has 0 radical (unpaired) electrons. The topological polar surface area (TPSA) is 111 Å². The Bertz CT molecular complexity index is 2160. The number of esters is 2. The first-order valence-electron chi connectivity index (χ1n) is 41.9. The lowest BCUT2D eigenvalue weighted by atomic mass is 10.0. The Kier molecular flexibility index (Phi) is 76.2. The van der Waals surface area contributed by atoms with E-state index in [0.29, 0.717) is 17.4 Å². The molecule has 0 heterocycles. The smallest absolute Gasteiger partial charge is 0.306 e. The minimum Gasteiger partial charge on any atom is -0.756 e. The lowest BCUT2D eigenvalue weighted by molar-refractivity contribution is -0.870. The predicted molar refractivity (Wildman–Crippen MR) is 434 cm³/mol. The number of phosphoric acid groups is 1. The van der Waals surface area contributed by atoms with Gasteiger partial charge in [-0.3, -0.25) is 14.2 Å². The van der Waals surface area contributed by atoms with E-state index in [-0.39, 0.29) is 32.0 Å². The first-order chi connectivity index (χ1) is 49.0. The molecular weight excluding hydrogens is 1250 g/mol. The standard InChI is InChI=1S/C90H158NO8P/c1-6-8-10-12-14-16-18-20-22-24-26-28-30-32-34-36-38-40-42-43-44-45-46-47-49-50-52-54-56-58-60-62-64-66-68-70-72-74-76-78-80-82-89(92)96-86-88(87-98-100(94,95)97-85-84-91(3,4)5)99-90(93)83-81-79-77-75-73-71-69-67-65-63-61-59-57-55-53-51-48-41-39-37-35-33-31-29-27-25-23-21-19-17-15-13-11-9-7-2/h8-11,14-17,20-23,26-29,33,35,39,41,51,53,88H,6-7,12-13,18-19,24-25,30-32,34,36-38,40,42-50,52,54-87H2,1-5H3/b10-8-,11-9-,16-14-,17-15-,22-20-,23-21-,28-26-,29-27-,35-33-,41-39-,53-51-. The van der Waals surface area contributed by atoms with Gasteiger partial charge in [-0.1, -0.05) is 385 Å². The fourth-order valence-electron chi connectivity index (χ4n) is 11.9. The Balaban J connectivity index is 3.92. The zero-order valence-corrected chi connectivity index (χ0v) is 66.8. The van der Waals surface area contributed by atoms with Crippen LogP contribution in [0.25, 0.3) is 0 Å². The van der Waals surface area contributed by atoms with E-state index >= 15 is 0 Å². The van der Waals surface area contributed by atoms with Crippen LogP contribution in [0, 0.1) is 0 Å². The van der Waals surface area contributed by atoms with E-state index in [2.05, 4.69) is 148 Å². The van der Waals surface area contributed by atoms with Crippen LogP contribution in [-0.2, 0) is 32.7 Å². The van der Waals surface area contributed by atoms with Crippen molar-refractivity contribution in [2.24, 2.45) is 0 Å². The summed E-state index contributed by atoms with van der Waals surface area (Å²) in [6.07, 6.45) is 116. The molecule has 0 rings (SSSR count). The number of unbranched alkanes of at least 4 members (excludes halogenated alkanes) is 41. The van der Waals surface area contributed by atoms with Gasteiger partial charge < -0.3 is 27.9 Å². The van der Waals surface area contributed by atoms with Crippen LogP contribution >= 0.6 is 7.82 Å². The lowest BCUT2D eigenvalue weighted by Crippen LogP contribution is -2.37. The number of likely N-dealkylation sites (N-methyl/N-ethyl adjacent to an activating group) is 1. The van der Waals surface area contributed by atoms with Crippen LogP contribution in [0.1, 0.15) is 373 Å². The minimum atomic E-state index is -4.65. The van der Waals surface area contributed by atoms with Gasteiger partial charge in [0.15, 0.2) is 6.10 Å². The van der Waals surface area contributed by atoms with Crippen molar-refractivity contribution >= 4 is 19.8 Å². The van der Waals surface area contributed by atoms with Gasteiger partial charge >= 0.3 is 11.9 Å². The van der Waals surface area contributed by atoms with Crippen molar-refractivity contribution in [1.82, 2.24) is 0 Å². The number of carbonyl (C=O) groups excluding carboxylic acids is 2. The molecule has 0 aromatic carbocycles. The van der Waals surface area contributed by atoms with Gasteiger partial charge in [-0.05, 0) is 109 Å². The molecule has 0 fully saturated rings. The predicted octanol–water partition coefficient (Wildman–Crippen LogP) is 27.7. The number of carbonyl (C=O) groups is 2. The summed E-state index contributed by atoms with van der Waals surface area (Å²) in [7, 11) is 1.17. The summed E-state index contributed by atoms with van der Waals surface area (Å²) >= 11 is 0. The Labute approximate surface area is 619 Å². The molecule has 9 nitrogen and oxygen atoms in total. The summed E-state index contributed by atoms with van der Waals surface area (Å²) in [5.74, 6) is -0.823. The number of rotatable bonds is 77. The van der Waals surface area contributed by atoms with Gasteiger partial charge in [0, 0.05) is 12.8 Å². The maximum absolute atomic E-state index is 12.9. The molecule has 0 spiro atoms. The molecule has 100 heavy (non-hydrogen) atoms. The monoisotopic (exact) mass is 1410 g/mol. The molecule has 0 saturated carbocycles. The molecule has 0 N–H and O–H groups in total. The summed E-state index contributed by atoms with van der Waals surface area (Å²) < 4.78 is 34.4. The Morgan fingerprint density at radius 1 is 0.310 bits per heavy atom. The van der Waals surface area contributed by atoms with Crippen LogP contribution in [0.15, 0.2) is 134 Å². The Hall–Kier alpha value is -3.85. The summed E-state index contributed by atoms with van der Waals surface area (Å²) in [5, 5.41) is 0. The summed E-state index contributed by atoms with van der Waals surface area (Å²) in [5.41, 5.74) is 0. The molecule has 0 aliphatic rings. The highest BCUT2D eigenvalue weighted by Gasteiger charge is 2.22. The van der Waals surface area contributed by atoms with E-state index in [9.17, 15) is 19.0 Å². The maximum Gasteiger partial charge on any atom is 0.306 e. The normalized spacial score (nSPS) is 13.7. The zero-order valence-electron chi connectivity index (χ0n) is 65.9. The molecule has 576 valence electrons. The van der Waals surface area contributed by atoms with Crippen molar-refractivity contribution in [3.63, 3.8) is 0 Å². The highest BCUT2D eigenvalue weighted by Crippen LogP contribution is 2.38. The van der Waals surface area contributed by atoms with E-state index in [0.717, 1.165) is 109 Å². The number of phosphoric ester groups is 1. The maximum atomic E-state index is 12.9. The molecular formula is C90H158NO8P. The number of hydrogen-bond acceptors (Lipinski definition) is 8. The number of allylic oxidation sites excluding steroid dienone is 22. The van der Waals surface area contributed by atoms with Crippen molar-refractivity contribution in [2.45, 2.75) is 380 Å². The number of hydrogen-bond donors (Lipinski definition) is 0. The minimum absolute atomic E-state index is 0.0334. The van der Waals surface area contributed by atoms with E-state index in [1.807, 2.05) is 21.1 Å². The Morgan fingerprint density at radius 3 is 0.800 bits per heavy atom. The van der Waals surface area contributed by atoms with Gasteiger partial charge in [0.25, 0.3) is 7.82 Å². The fourth-order valence-corrected chi connectivity index (χ4v) is 12.6. The molecule has 0 aromatic rings. The third kappa shape index (κ3) is 83.1. The molecule has 0 aliphatic heterocycles. The molecule has 0 aromatic heterocycles. The highest BCUT2D eigenvalue weighted by molar-refractivity contribution is 7.45. The van der Waals surface area contributed by atoms with E-state index in [4.69, 9.17) is 18.5 Å². The van der Waals surface area contributed by atoms with Crippen LogP contribution in [0.5, 0.6) is 0 Å². The van der Waals surface area contributed by atoms with Crippen molar-refractivity contribution in [1.29, 1.82) is 0 Å². The molecule has 0 saturated heterocycles. The average Bonchev–Trinajstić information content (AvgIpc) is 1.65. The summed E-state index contributed by atoms with van der Waals surface area (Å²) in [6.45, 7) is 4.05. The highest BCUT2D eigenvalue weighted by atomic mass is 31.2. The fraction of sp³-hybridized carbons (Fsp3) is 0.733. The SMILES string of the molecule is CC/C=C\C/C=C\C/C=C\C/C=C\C/C=C\C/C=C\C/C=C\CCCCCCCCCCCCCCCC(=O)OC(COC(=O)CCCCCCCCCCCCCCCCCCCCCCCCCCCCCC/C=C\C/C=C\C/C=C\C/C=C\CC)COP(=O)([O-])OCC[N+](C)(C)C. The largest absolute Gasteiger partial charge is 0.756 e. The van der Waals surface area contributed by atoms with Gasteiger partial charge in [0.1, 0.15) is 19.8 Å². The van der Waals surface area contributed by atoms with Gasteiger partial charge in [0.05, 0.1) is 27.7 Å². The molecule has 2 unspecified atom stereocenters. The first kappa shape index (κ1) is 96.2. The molecule has 2 atom stereocenters. The van der Waals surface area contributed by atoms with Crippen molar-refractivity contribution < 1.29 is 42.1 Å². The van der Waals surface area contributed by atoms with Crippen LogP contribution in [0.3, 0.4) is 0 Å². The number of ether oxygens (including phenoxy) is 2. The molecule has 0 amide bonds. The number of nitrogens with zero attached hydrogens (tertiary/aromatic N) is 1. The second-order valence-electron chi connectivity index (χ2n) is 29.1. The van der Waals surface area contributed by atoms with E-state index in [1.165, 1.54) is 231 Å². The van der Waals surface area contributed by atoms with Crippen LogP contribution < -0.4 is 4.89 Å². The van der Waals surface area contributed by atoms with Gasteiger partial charge in [-0.25, -0.2) is 0 Å². The second kappa shape index (κ2) is 79.3. The lowest BCUT2D eigenvalue weighted by Gasteiger charge is -2.28. The first-order valence-corrected chi connectivity index (χ1v) is 43.4. The van der Waals surface area contributed by atoms with E-state index in [1.54, 1.807) is 0 Å². The van der Waals surface area contributed by atoms with Gasteiger partial charge in [-0.2, -0.15) is 0 Å². The Morgan fingerprint density at radius 2 is 0.540 bits per heavy atom. The average molecular weight is 1410 g/mol. The van der Waals surface area contributed by atoms with E-state index < -0.39 is 26.5 Å². The van der Waals surface area contributed by atoms with Gasteiger partial charge in [-0.15, -0.1) is 0 Å². The third-order valence-electron chi connectivity index (χ3n) is 18.2. The van der Waals surface area contributed by atoms with Crippen LogP contribution in [0.2, 0.25) is 0 Å². The molecule has 0 bridgehead atoms. The van der Waals surface area contributed by atoms with Crippen molar-refractivity contribution in [2.75, 3.05) is 47.5 Å². The summed E-state index contributed by atoms with van der Waals surface area (Å²) in [6, 6.07) is 0.